The van der Waals surface area contributed by atoms with Crippen molar-refractivity contribution < 1.29 is 4.74 Å². The van der Waals surface area contributed by atoms with Crippen LogP contribution in [0.4, 0.5) is 0 Å². The van der Waals surface area contributed by atoms with E-state index < -0.39 is 0 Å². The van der Waals surface area contributed by atoms with Gasteiger partial charge in [-0.3, -0.25) is 5.10 Å². The number of nitrogens with one attached hydrogen (secondary N) is 1. The predicted octanol–water partition coefficient (Wildman–Crippen LogP) is 3.78. The van der Waals surface area contributed by atoms with Crippen molar-refractivity contribution in [3.63, 3.8) is 0 Å². The molecule has 5 rings (SSSR count). The molecule has 0 aliphatic heterocycles. The molecule has 0 saturated heterocycles. The van der Waals surface area contributed by atoms with E-state index >= 15 is 0 Å². The number of hydrogen-bond acceptors (Lipinski definition) is 7. The Balaban J connectivity index is 1.66. The van der Waals surface area contributed by atoms with Crippen LogP contribution in [-0.2, 0) is 0 Å². The van der Waals surface area contributed by atoms with Gasteiger partial charge >= 0.3 is 0 Å². The van der Waals surface area contributed by atoms with Crippen molar-refractivity contribution in [2.75, 3.05) is 0 Å². The number of H-pyrrole nitrogens is 1. The molecule has 1 N–H and O–H groups in total. The summed E-state index contributed by atoms with van der Waals surface area (Å²) in [6, 6.07) is 15.8. The molecule has 4 aromatic heterocycles. The summed E-state index contributed by atoms with van der Waals surface area (Å²) in [5.41, 5.74) is 2.48. The quantitative estimate of drug-likeness (QED) is 0.492. The Bertz CT molecular complexity index is 1200. The smallest absolute Gasteiger partial charge is 0.240 e. The second kappa shape index (κ2) is 6.86. The molecule has 28 heavy (non-hydrogen) atoms. The van der Waals surface area contributed by atoms with Crippen molar-refractivity contribution >= 4 is 17.0 Å². The fourth-order valence-corrected chi connectivity index (χ4v) is 3.61. The van der Waals surface area contributed by atoms with Crippen molar-refractivity contribution in [3.05, 3.63) is 66.1 Å². The molecule has 1 unspecified atom stereocenters. The first-order chi connectivity index (χ1) is 13.8. The van der Waals surface area contributed by atoms with Crippen LogP contribution < -0.4 is 4.74 Å². The Hall–Kier alpha value is -3.59. The van der Waals surface area contributed by atoms with Crippen LogP contribution in [-0.4, -0.2) is 35.0 Å². The lowest BCUT2D eigenvalue weighted by atomic mass is 10.1. The van der Waals surface area contributed by atoms with Crippen molar-refractivity contribution in [2.45, 2.75) is 13.0 Å². The third-order valence-corrected chi connectivity index (χ3v) is 5.16. The molecule has 4 heterocycles. The van der Waals surface area contributed by atoms with Crippen LogP contribution >= 0.6 is 11.3 Å². The number of aromatic amines is 1. The summed E-state index contributed by atoms with van der Waals surface area (Å²) in [6.45, 7) is 1.90. The molecule has 9 heteroatoms. The molecular formula is C19H15N7OS. The van der Waals surface area contributed by atoms with E-state index in [0.717, 1.165) is 16.0 Å². The number of fused-ring (bicyclic) bond motifs is 1. The molecule has 0 fully saturated rings. The highest BCUT2D eigenvalue weighted by Crippen LogP contribution is 2.33. The monoisotopic (exact) mass is 389 g/mol. The van der Waals surface area contributed by atoms with Crippen molar-refractivity contribution in [1.82, 2.24) is 35.0 Å². The standard InChI is InChI=1S/C19H15N7OS/c1-12(17-20-11-21-23-17)27-19-14(13-6-3-2-4-7-13)10-16-22-24-18(26(16)25-19)15-8-5-9-28-15/h2-12H,1H3,(H,20,21,23). The lowest BCUT2D eigenvalue weighted by molar-refractivity contribution is 0.206. The van der Waals surface area contributed by atoms with Crippen molar-refractivity contribution in [3.8, 4) is 27.7 Å². The Morgan fingerprint density at radius 2 is 2.00 bits per heavy atom. The van der Waals surface area contributed by atoms with Gasteiger partial charge in [-0.15, -0.1) is 26.6 Å². The number of rotatable bonds is 5. The minimum Gasteiger partial charge on any atom is -0.465 e. The molecule has 8 nitrogen and oxygen atoms in total. The van der Waals surface area contributed by atoms with Gasteiger partial charge in [0, 0.05) is 5.56 Å². The molecule has 0 aliphatic rings. The predicted molar refractivity (Wildman–Crippen MR) is 105 cm³/mol. The normalized spacial score (nSPS) is 12.3. The summed E-state index contributed by atoms with van der Waals surface area (Å²) < 4.78 is 7.89. The van der Waals surface area contributed by atoms with E-state index in [0.29, 0.717) is 23.2 Å². The largest absolute Gasteiger partial charge is 0.465 e. The summed E-state index contributed by atoms with van der Waals surface area (Å²) in [6.07, 6.45) is 1.11. The van der Waals surface area contributed by atoms with E-state index in [9.17, 15) is 0 Å². The van der Waals surface area contributed by atoms with Gasteiger partial charge in [-0.05, 0) is 30.0 Å². The summed E-state index contributed by atoms with van der Waals surface area (Å²) in [7, 11) is 0. The van der Waals surface area contributed by atoms with Gasteiger partial charge in [0.15, 0.2) is 23.4 Å². The molecule has 0 saturated carbocycles. The second-order valence-corrected chi connectivity index (χ2v) is 7.08. The minimum absolute atomic E-state index is 0.350. The molecule has 5 aromatic rings. The summed E-state index contributed by atoms with van der Waals surface area (Å²) in [4.78, 5) is 5.16. The van der Waals surface area contributed by atoms with Crippen LogP contribution in [0.25, 0.3) is 27.5 Å². The van der Waals surface area contributed by atoms with E-state index in [1.807, 2.05) is 60.8 Å². The zero-order chi connectivity index (χ0) is 18.9. The van der Waals surface area contributed by atoms with Crippen LogP contribution in [0.15, 0.2) is 60.2 Å². The fraction of sp³-hybridized carbons (Fsp3) is 0.105. The number of thiophene rings is 1. The molecule has 1 aromatic carbocycles. The van der Waals surface area contributed by atoms with Crippen LogP contribution in [0.1, 0.15) is 18.9 Å². The maximum atomic E-state index is 6.18. The number of hydrogen-bond donors (Lipinski definition) is 1. The fourth-order valence-electron chi connectivity index (χ4n) is 2.92. The number of benzene rings is 1. The molecule has 0 radical (unpaired) electrons. The average molecular weight is 389 g/mol. The van der Waals surface area contributed by atoms with E-state index in [1.54, 1.807) is 15.9 Å². The Morgan fingerprint density at radius 1 is 1.11 bits per heavy atom. The molecule has 0 spiro atoms. The summed E-state index contributed by atoms with van der Waals surface area (Å²) in [5.74, 6) is 1.78. The van der Waals surface area contributed by atoms with E-state index in [-0.39, 0.29) is 6.10 Å². The molecule has 0 aliphatic carbocycles. The second-order valence-electron chi connectivity index (χ2n) is 6.13. The van der Waals surface area contributed by atoms with E-state index in [4.69, 9.17) is 9.84 Å². The van der Waals surface area contributed by atoms with Gasteiger partial charge in [0.1, 0.15) is 6.33 Å². The maximum Gasteiger partial charge on any atom is 0.240 e. The van der Waals surface area contributed by atoms with Gasteiger partial charge in [0.2, 0.25) is 5.88 Å². The van der Waals surface area contributed by atoms with Gasteiger partial charge in [-0.1, -0.05) is 36.4 Å². The van der Waals surface area contributed by atoms with Crippen molar-refractivity contribution in [2.24, 2.45) is 0 Å². The van der Waals surface area contributed by atoms with Gasteiger partial charge in [0.05, 0.1) is 4.88 Å². The first-order valence-electron chi connectivity index (χ1n) is 8.67. The van der Waals surface area contributed by atoms with Gasteiger partial charge < -0.3 is 4.74 Å². The first kappa shape index (κ1) is 16.6. The Kier molecular flexibility index (Phi) is 4.06. The lowest BCUT2D eigenvalue weighted by Crippen LogP contribution is -2.09. The van der Waals surface area contributed by atoms with Gasteiger partial charge in [0.25, 0.3) is 0 Å². The highest BCUT2D eigenvalue weighted by Gasteiger charge is 2.19. The molecule has 0 amide bonds. The summed E-state index contributed by atoms with van der Waals surface area (Å²) >= 11 is 1.59. The average Bonchev–Trinajstić information content (AvgIpc) is 3.48. The van der Waals surface area contributed by atoms with Crippen LogP contribution in [0.5, 0.6) is 5.88 Å². The minimum atomic E-state index is -0.350. The van der Waals surface area contributed by atoms with Crippen LogP contribution in [0.2, 0.25) is 0 Å². The zero-order valence-electron chi connectivity index (χ0n) is 14.9. The third kappa shape index (κ3) is 2.91. The molecule has 0 bridgehead atoms. The van der Waals surface area contributed by atoms with Crippen molar-refractivity contribution in [1.29, 1.82) is 0 Å². The SMILES string of the molecule is CC(Oc1nn2c(-c3cccs3)nnc2cc1-c1ccccc1)c1ncn[nH]1. The summed E-state index contributed by atoms with van der Waals surface area (Å²) in [5, 5.41) is 22.1. The van der Waals surface area contributed by atoms with E-state index in [2.05, 4.69) is 25.4 Å². The molecule has 1 atom stereocenters. The molecular weight excluding hydrogens is 374 g/mol. The van der Waals surface area contributed by atoms with Crippen LogP contribution in [0, 0.1) is 0 Å². The van der Waals surface area contributed by atoms with Gasteiger partial charge in [-0.2, -0.15) is 9.61 Å². The number of nitrogens with zero attached hydrogens (tertiary/aromatic N) is 6. The molecule has 138 valence electrons. The zero-order valence-corrected chi connectivity index (χ0v) is 15.7. The highest BCUT2D eigenvalue weighted by molar-refractivity contribution is 7.13. The number of ether oxygens (including phenoxy) is 1. The lowest BCUT2D eigenvalue weighted by Gasteiger charge is -2.15. The van der Waals surface area contributed by atoms with Crippen LogP contribution in [0.3, 0.4) is 0 Å². The van der Waals surface area contributed by atoms with Gasteiger partial charge in [-0.25, -0.2) is 4.98 Å². The topological polar surface area (TPSA) is 93.9 Å². The maximum absolute atomic E-state index is 6.18. The highest BCUT2D eigenvalue weighted by atomic mass is 32.1. The third-order valence-electron chi connectivity index (χ3n) is 4.29. The Morgan fingerprint density at radius 3 is 2.75 bits per heavy atom. The number of aromatic nitrogens is 7. The van der Waals surface area contributed by atoms with E-state index in [1.165, 1.54) is 6.33 Å². The Labute approximate surface area is 163 Å². The first-order valence-corrected chi connectivity index (χ1v) is 9.55.